The van der Waals surface area contributed by atoms with E-state index in [0.29, 0.717) is 12.6 Å². The average Bonchev–Trinajstić information content (AvgIpc) is 2.43. The van der Waals surface area contributed by atoms with Crippen molar-refractivity contribution in [3.05, 3.63) is 36.2 Å². The number of benzene rings is 1. The topological polar surface area (TPSA) is 70.8 Å². The number of nitrogens with zero attached hydrogens (tertiary/aromatic N) is 3. The fourth-order valence-corrected chi connectivity index (χ4v) is 1.74. The Morgan fingerprint density at radius 2 is 2.00 bits per heavy atom. The smallest absolute Gasteiger partial charge is 0.236 e. The highest BCUT2D eigenvalue weighted by Gasteiger charge is 2.04. The largest absolute Gasteiger partial charge is 0.494 e. The van der Waals surface area contributed by atoms with Crippen LogP contribution >= 0.6 is 0 Å². The summed E-state index contributed by atoms with van der Waals surface area (Å²) >= 11 is 0. The van der Waals surface area contributed by atoms with Gasteiger partial charge < -0.3 is 4.74 Å². The van der Waals surface area contributed by atoms with Crippen molar-refractivity contribution in [1.82, 2.24) is 9.97 Å². The molecular formula is C14H14N4O. The lowest BCUT2D eigenvalue weighted by atomic mass is 10.1. The second-order valence-electron chi connectivity index (χ2n) is 3.95. The lowest BCUT2D eigenvalue weighted by molar-refractivity contribution is 0.338. The first kappa shape index (κ1) is 12.8. The van der Waals surface area contributed by atoms with Crippen molar-refractivity contribution < 1.29 is 4.74 Å². The molecule has 2 rings (SSSR count). The molecule has 5 nitrogen and oxygen atoms in total. The van der Waals surface area contributed by atoms with Crippen LogP contribution in [0.15, 0.2) is 30.6 Å². The molecule has 0 bridgehead atoms. The first-order valence-electron chi connectivity index (χ1n) is 5.95. The monoisotopic (exact) mass is 254 g/mol. The zero-order valence-corrected chi connectivity index (χ0v) is 10.8. The van der Waals surface area contributed by atoms with Crippen LogP contribution < -0.4 is 10.1 Å². The standard InChI is InChI=1S/C14H14N4O/c1-3-19-13-5-4-11(6-10(13)2)12-7-16-14(17-8-12)18-9-15/h4-8H,3H2,1-2H3,(H,16,17,18). The highest BCUT2D eigenvalue weighted by Crippen LogP contribution is 2.25. The van der Waals surface area contributed by atoms with Crippen LogP contribution in [0.4, 0.5) is 5.95 Å². The normalized spacial score (nSPS) is 9.74. The van der Waals surface area contributed by atoms with Gasteiger partial charge in [-0.25, -0.2) is 9.97 Å². The first-order valence-corrected chi connectivity index (χ1v) is 5.95. The quantitative estimate of drug-likeness (QED) is 0.671. The van der Waals surface area contributed by atoms with Crippen LogP contribution in [0.1, 0.15) is 12.5 Å². The molecule has 0 atom stereocenters. The van der Waals surface area contributed by atoms with Gasteiger partial charge in [0.15, 0.2) is 6.19 Å². The highest BCUT2D eigenvalue weighted by molar-refractivity contribution is 5.64. The van der Waals surface area contributed by atoms with E-state index in [1.165, 1.54) is 0 Å². The number of hydrogen-bond donors (Lipinski definition) is 1. The van der Waals surface area contributed by atoms with Crippen molar-refractivity contribution in [2.24, 2.45) is 0 Å². The third kappa shape index (κ3) is 2.99. The highest BCUT2D eigenvalue weighted by atomic mass is 16.5. The van der Waals surface area contributed by atoms with Crippen LogP contribution in [0.5, 0.6) is 5.75 Å². The first-order chi connectivity index (χ1) is 9.24. The Bertz CT molecular complexity index is 602. The van der Waals surface area contributed by atoms with Gasteiger partial charge in [-0.2, -0.15) is 5.26 Å². The minimum Gasteiger partial charge on any atom is -0.494 e. The summed E-state index contributed by atoms with van der Waals surface area (Å²) in [5, 5.41) is 10.9. The molecule has 0 spiro atoms. The van der Waals surface area contributed by atoms with Gasteiger partial charge in [-0.1, -0.05) is 6.07 Å². The minimum atomic E-state index is 0.300. The minimum absolute atomic E-state index is 0.300. The third-order valence-corrected chi connectivity index (χ3v) is 2.63. The molecule has 96 valence electrons. The van der Waals surface area contributed by atoms with Gasteiger partial charge in [0.25, 0.3) is 0 Å². The second kappa shape index (κ2) is 5.83. The van der Waals surface area contributed by atoms with Crippen molar-refractivity contribution in [2.75, 3.05) is 11.9 Å². The SMILES string of the molecule is CCOc1ccc(-c2cnc(NC#N)nc2)cc1C. The molecule has 1 heterocycles. The van der Waals surface area contributed by atoms with Crippen LogP contribution in [-0.2, 0) is 0 Å². The molecule has 19 heavy (non-hydrogen) atoms. The van der Waals surface area contributed by atoms with Crippen LogP contribution in [0.3, 0.4) is 0 Å². The predicted molar refractivity (Wildman–Crippen MR) is 72.6 cm³/mol. The number of aryl methyl sites for hydroxylation is 1. The molecule has 0 aliphatic rings. The van der Waals surface area contributed by atoms with Gasteiger partial charge in [-0.05, 0) is 37.1 Å². The molecule has 1 aromatic heterocycles. The van der Waals surface area contributed by atoms with Gasteiger partial charge in [0, 0.05) is 18.0 Å². The molecule has 1 aromatic carbocycles. The molecule has 0 aliphatic heterocycles. The van der Waals surface area contributed by atoms with Crippen LogP contribution in [0.2, 0.25) is 0 Å². The number of anilines is 1. The Morgan fingerprint density at radius 1 is 1.26 bits per heavy atom. The van der Waals surface area contributed by atoms with E-state index in [0.717, 1.165) is 22.4 Å². The van der Waals surface area contributed by atoms with E-state index in [1.54, 1.807) is 18.6 Å². The number of nitriles is 1. The van der Waals surface area contributed by atoms with Gasteiger partial charge >= 0.3 is 0 Å². The number of aromatic nitrogens is 2. The van der Waals surface area contributed by atoms with E-state index in [9.17, 15) is 0 Å². The van der Waals surface area contributed by atoms with E-state index < -0.39 is 0 Å². The fraction of sp³-hybridized carbons (Fsp3) is 0.214. The molecule has 0 aliphatic carbocycles. The number of rotatable bonds is 4. The Kier molecular flexibility index (Phi) is 3.94. The van der Waals surface area contributed by atoms with E-state index >= 15 is 0 Å². The van der Waals surface area contributed by atoms with Crippen molar-refractivity contribution in [3.8, 4) is 23.1 Å². The van der Waals surface area contributed by atoms with Gasteiger partial charge in [-0.15, -0.1) is 0 Å². The number of nitrogens with one attached hydrogen (secondary N) is 1. The maximum absolute atomic E-state index is 8.47. The fourth-order valence-electron chi connectivity index (χ4n) is 1.74. The van der Waals surface area contributed by atoms with Gasteiger partial charge in [0.1, 0.15) is 5.75 Å². The summed E-state index contributed by atoms with van der Waals surface area (Å²) in [7, 11) is 0. The number of hydrogen-bond acceptors (Lipinski definition) is 5. The summed E-state index contributed by atoms with van der Waals surface area (Å²) in [5.41, 5.74) is 2.98. The van der Waals surface area contributed by atoms with Gasteiger partial charge in [0.2, 0.25) is 5.95 Å². The molecule has 0 amide bonds. The maximum atomic E-state index is 8.47. The van der Waals surface area contributed by atoms with E-state index in [1.807, 2.05) is 32.0 Å². The molecule has 1 N–H and O–H groups in total. The summed E-state index contributed by atoms with van der Waals surface area (Å²) in [6.45, 7) is 4.61. The van der Waals surface area contributed by atoms with Crippen molar-refractivity contribution in [1.29, 1.82) is 5.26 Å². The molecule has 5 heteroatoms. The van der Waals surface area contributed by atoms with E-state index in [-0.39, 0.29) is 0 Å². The van der Waals surface area contributed by atoms with Crippen molar-refractivity contribution in [2.45, 2.75) is 13.8 Å². The Balaban J connectivity index is 2.27. The van der Waals surface area contributed by atoms with Crippen LogP contribution in [0, 0.1) is 18.4 Å². The predicted octanol–water partition coefficient (Wildman–Crippen LogP) is 2.74. The zero-order valence-electron chi connectivity index (χ0n) is 10.8. The summed E-state index contributed by atoms with van der Waals surface area (Å²) in [5.74, 6) is 1.18. The molecule has 0 unspecified atom stereocenters. The molecule has 0 saturated heterocycles. The van der Waals surface area contributed by atoms with Gasteiger partial charge in [-0.3, -0.25) is 5.32 Å². The lowest BCUT2D eigenvalue weighted by Gasteiger charge is -2.09. The third-order valence-electron chi connectivity index (χ3n) is 2.63. The van der Waals surface area contributed by atoms with E-state index in [4.69, 9.17) is 10.00 Å². The number of ether oxygens (including phenoxy) is 1. The van der Waals surface area contributed by atoms with E-state index in [2.05, 4.69) is 15.3 Å². The van der Waals surface area contributed by atoms with Crippen molar-refractivity contribution >= 4 is 5.95 Å². The average molecular weight is 254 g/mol. The molecule has 2 aromatic rings. The molecule has 0 radical (unpaired) electrons. The lowest BCUT2D eigenvalue weighted by Crippen LogP contribution is -1.96. The maximum Gasteiger partial charge on any atom is 0.236 e. The molecule has 0 fully saturated rings. The summed E-state index contributed by atoms with van der Waals surface area (Å²) in [6, 6.07) is 5.94. The summed E-state index contributed by atoms with van der Waals surface area (Å²) in [6.07, 6.45) is 5.15. The molecular weight excluding hydrogens is 240 g/mol. The van der Waals surface area contributed by atoms with Gasteiger partial charge in [0.05, 0.1) is 6.61 Å². The molecule has 0 saturated carbocycles. The summed E-state index contributed by atoms with van der Waals surface area (Å²) < 4.78 is 5.50. The second-order valence-corrected chi connectivity index (χ2v) is 3.95. The zero-order chi connectivity index (χ0) is 13.7. The Labute approximate surface area is 111 Å². The van der Waals surface area contributed by atoms with Crippen LogP contribution in [-0.4, -0.2) is 16.6 Å². The Morgan fingerprint density at radius 3 is 2.58 bits per heavy atom. The Hall–Kier alpha value is -2.61. The summed E-state index contributed by atoms with van der Waals surface area (Å²) in [4.78, 5) is 8.11. The van der Waals surface area contributed by atoms with Crippen molar-refractivity contribution in [3.63, 3.8) is 0 Å². The van der Waals surface area contributed by atoms with Crippen LogP contribution in [0.25, 0.3) is 11.1 Å².